The molecule has 1 heterocycles. The molecule has 4 nitrogen and oxygen atoms in total. The summed E-state index contributed by atoms with van der Waals surface area (Å²) < 4.78 is 7.52. The lowest BCUT2D eigenvalue weighted by Gasteiger charge is -2.16. The van der Waals surface area contributed by atoms with Crippen molar-refractivity contribution in [3.8, 4) is 0 Å². The van der Waals surface area contributed by atoms with E-state index in [1.807, 2.05) is 19.3 Å². The molecule has 0 fully saturated rings. The first-order chi connectivity index (χ1) is 7.29. The van der Waals surface area contributed by atoms with E-state index >= 15 is 0 Å². The minimum Gasteiger partial charge on any atom is -0.380 e. The molecule has 0 radical (unpaired) electrons. The van der Waals surface area contributed by atoms with Crippen LogP contribution in [0.4, 0.5) is 5.95 Å². The van der Waals surface area contributed by atoms with Crippen LogP contribution in [0.15, 0.2) is 12.4 Å². The zero-order chi connectivity index (χ0) is 11.1. The number of hydrogen-bond acceptors (Lipinski definition) is 3. The van der Waals surface area contributed by atoms with E-state index in [4.69, 9.17) is 4.74 Å². The molecule has 4 heteroatoms. The van der Waals surface area contributed by atoms with Crippen molar-refractivity contribution in [2.24, 2.45) is 0 Å². The quantitative estimate of drug-likeness (QED) is 0.752. The van der Waals surface area contributed by atoms with Crippen LogP contribution in [0, 0.1) is 0 Å². The van der Waals surface area contributed by atoms with Gasteiger partial charge in [0.2, 0.25) is 5.95 Å². The Bertz CT molecular complexity index is 273. The van der Waals surface area contributed by atoms with E-state index in [0.29, 0.717) is 6.04 Å². The fraction of sp³-hybridized carbons (Fsp3) is 0.727. The smallest absolute Gasteiger partial charge is 0.203 e. The van der Waals surface area contributed by atoms with Crippen LogP contribution in [-0.2, 0) is 4.74 Å². The number of hydrogen-bond donors (Lipinski definition) is 1. The molecule has 15 heavy (non-hydrogen) atoms. The summed E-state index contributed by atoms with van der Waals surface area (Å²) in [5.74, 6) is 0.934. The first-order valence-corrected chi connectivity index (χ1v) is 5.64. The van der Waals surface area contributed by atoms with Gasteiger partial charge in [0.15, 0.2) is 0 Å². The second-order valence-corrected chi connectivity index (χ2v) is 3.59. The molecule has 0 amide bonds. The highest BCUT2D eigenvalue weighted by Gasteiger charge is 2.08. The van der Waals surface area contributed by atoms with Gasteiger partial charge in [0.05, 0.1) is 12.6 Å². The Morgan fingerprint density at radius 3 is 3.00 bits per heavy atom. The highest BCUT2D eigenvalue weighted by molar-refractivity contribution is 5.26. The molecule has 1 unspecified atom stereocenters. The predicted octanol–water partition coefficient (Wildman–Crippen LogP) is 2.30. The van der Waals surface area contributed by atoms with Crippen molar-refractivity contribution in [2.75, 3.05) is 25.1 Å². The first-order valence-electron chi connectivity index (χ1n) is 5.64. The minimum atomic E-state index is 0.326. The average molecular weight is 211 g/mol. The van der Waals surface area contributed by atoms with Gasteiger partial charge >= 0.3 is 0 Å². The summed E-state index contributed by atoms with van der Waals surface area (Å²) in [5, 5.41) is 3.30. The monoisotopic (exact) mass is 211 g/mol. The van der Waals surface area contributed by atoms with E-state index in [2.05, 4.69) is 28.7 Å². The molecule has 86 valence electrons. The zero-order valence-corrected chi connectivity index (χ0v) is 9.86. The van der Waals surface area contributed by atoms with Crippen molar-refractivity contribution < 1.29 is 4.74 Å². The SMILES string of the molecule is CCCNc1nccn1C(C)COCC. The average Bonchev–Trinajstić information content (AvgIpc) is 2.71. The Balaban J connectivity index is 2.54. The van der Waals surface area contributed by atoms with Gasteiger partial charge in [-0.1, -0.05) is 6.92 Å². The van der Waals surface area contributed by atoms with Gasteiger partial charge in [-0.25, -0.2) is 4.98 Å². The molecular weight excluding hydrogens is 190 g/mol. The number of rotatable bonds is 7. The van der Waals surface area contributed by atoms with E-state index in [1.165, 1.54) is 0 Å². The number of ether oxygens (including phenoxy) is 1. The standard InChI is InChI=1S/C11H21N3O/c1-4-6-12-11-13-7-8-14(11)10(3)9-15-5-2/h7-8,10H,4-6,9H2,1-3H3,(H,12,13). The Morgan fingerprint density at radius 1 is 1.53 bits per heavy atom. The number of anilines is 1. The summed E-state index contributed by atoms with van der Waals surface area (Å²) >= 11 is 0. The summed E-state index contributed by atoms with van der Waals surface area (Å²) in [7, 11) is 0. The number of nitrogens with one attached hydrogen (secondary N) is 1. The summed E-state index contributed by atoms with van der Waals surface area (Å²) in [6.45, 7) is 8.73. The van der Waals surface area contributed by atoms with Crippen LogP contribution in [0.2, 0.25) is 0 Å². The Morgan fingerprint density at radius 2 is 2.33 bits per heavy atom. The van der Waals surface area contributed by atoms with Crippen LogP contribution in [-0.4, -0.2) is 29.3 Å². The van der Waals surface area contributed by atoms with Crippen LogP contribution < -0.4 is 5.32 Å². The lowest BCUT2D eigenvalue weighted by Crippen LogP contribution is -2.15. The fourth-order valence-corrected chi connectivity index (χ4v) is 1.41. The largest absolute Gasteiger partial charge is 0.380 e. The van der Waals surface area contributed by atoms with Crippen LogP contribution >= 0.6 is 0 Å². The van der Waals surface area contributed by atoms with Crippen LogP contribution in [0.5, 0.6) is 0 Å². The Kier molecular flexibility index (Phi) is 5.18. The third-order valence-corrected chi connectivity index (χ3v) is 2.24. The molecule has 1 aromatic rings. The second-order valence-electron chi connectivity index (χ2n) is 3.59. The van der Waals surface area contributed by atoms with Gasteiger partial charge in [-0.2, -0.15) is 0 Å². The minimum absolute atomic E-state index is 0.326. The van der Waals surface area contributed by atoms with Crippen molar-refractivity contribution in [3.05, 3.63) is 12.4 Å². The van der Waals surface area contributed by atoms with Crippen molar-refractivity contribution in [3.63, 3.8) is 0 Å². The van der Waals surface area contributed by atoms with Gasteiger partial charge in [-0.15, -0.1) is 0 Å². The number of aromatic nitrogens is 2. The molecule has 0 aliphatic carbocycles. The van der Waals surface area contributed by atoms with Crippen molar-refractivity contribution in [1.82, 2.24) is 9.55 Å². The highest BCUT2D eigenvalue weighted by Crippen LogP contribution is 2.13. The van der Waals surface area contributed by atoms with Crippen molar-refractivity contribution in [2.45, 2.75) is 33.2 Å². The van der Waals surface area contributed by atoms with Crippen molar-refractivity contribution >= 4 is 5.95 Å². The molecule has 0 saturated carbocycles. The molecule has 0 aliphatic rings. The number of imidazole rings is 1. The maximum absolute atomic E-state index is 5.40. The zero-order valence-electron chi connectivity index (χ0n) is 9.86. The third kappa shape index (κ3) is 3.55. The van der Waals surface area contributed by atoms with Crippen molar-refractivity contribution in [1.29, 1.82) is 0 Å². The van der Waals surface area contributed by atoms with Gasteiger partial charge < -0.3 is 14.6 Å². The Labute approximate surface area is 91.7 Å². The molecule has 1 N–H and O–H groups in total. The summed E-state index contributed by atoms with van der Waals surface area (Å²) in [4.78, 5) is 4.28. The normalized spacial score (nSPS) is 12.7. The van der Waals surface area contributed by atoms with Gasteiger partial charge in [-0.3, -0.25) is 0 Å². The lowest BCUT2D eigenvalue weighted by molar-refractivity contribution is 0.119. The molecule has 0 saturated heterocycles. The maximum Gasteiger partial charge on any atom is 0.203 e. The first kappa shape index (κ1) is 12.0. The van der Waals surface area contributed by atoms with Gasteiger partial charge in [0.1, 0.15) is 0 Å². The van der Waals surface area contributed by atoms with Crippen LogP contribution in [0.1, 0.15) is 33.2 Å². The summed E-state index contributed by atoms with van der Waals surface area (Å²) in [5.41, 5.74) is 0. The van der Waals surface area contributed by atoms with Crippen LogP contribution in [0.25, 0.3) is 0 Å². The second kappa shape index (κ2) is 6.45. The molecule has 0 bridgehead atoms. The molecule has 0 aromatic carbocycles. The van der Waals surface area contributed by atoms with E-state index in [1.54, 1.807) is 0 Å². The van der Waals surface area contributed by atoms with E-state index < -0.39 is 0 Å². The molecular formula is C11H21N3O. The van der Waals surface area contributed by atoms with Gasteiger partial charge in [0.25, 0.3) is 0 Å². The summed E-state index contributed by atoms with van der Waals surface area (Å²) in [6.07, 6.45) is 4.91. The molecule has 1 atom stereocenters. The van der Waals surface area contributed by atoms with E-state index in [9.17, 15) is 0 Å². The third-order valence-electron chi connectivity index (χ3n) is 2.24. The number of nitrogens with zero attached hydrogens (tertiary/aromatic N) is 2. The lowest BCUT2D eigenvalue weighted by atomic mass is 10.3. The summed E-state index contributed by atoms with van der Waals surface area (Å²) in [6, 6.07) is 0.326. The van der Waals surface area contributed by atoms with Gasteiger partial charge in [-0.05, 0) is 20.3 Å². The molecule has 0 spiro atoms. The highest BCUT2D eigenvalue weighted by atomic mass is 16.5. The van der Waals surface area contributed by atoms with Crippen LogP contribution in [0.3, 0.4) is 0 Å². The van der Waals surface area contributed by atoms with E-state index in [0.717, 1.165) is 32.1 Å². The predicted molar refractivity (Wildman–Crippen MR) is 62.2 cm³/mol. The molecule has 1 rings (SSSR count). The fourth-order valence-electron chi connectivity index (χ4n) is 1.41. The molecule has 1 aromatic heterocycles. The topological polar surface area (TPSA) is 39.1 Å². The van der Waals surface area contributed by atoms with E-state index in [-0.39, 0.29) is 0 Å². The maximum atomic E-state index is 5.40. The Hall–Kier alpha value is -1.03. The molecule has 0 aliphatic heterocycles. The van der Waals surface area contributed by atoms with Gasteiger partial charge in [0, 0.05) is 25.5 Å².